The maximum absolute atomic E-state index is 13.4. The van der Waals surface area contributed by atoms with Crippen molar-refractivity contribution in [3.63, 3.8) is 0 Å². The molecule has 0 bridgehead atoms. The molecule has 0 unspecified atom stereocenters. The van der Waals surface area contributed by atoms with E-state index >= 15 is 0 Å². The molecule has 3 aliphatic heterocycles. The third-order valence-corrected chi connectivity index (χ3v) is 9.21. The first-order chi connectivity index (χ1) is 16.2. The van der Waals surface area contributed by atoms with Crippen LogP contribution in [0.15, 0.2) is 18.2 Å². The van der Waals surface area contributed by atoms with E-state index in [9.17, 15) is 18.0 Å². The predicted octanol–water partition coefficient (Wildman–Crippen LogP) is 1.67. The van der Waals surface area contributed by atoms with Gasteiger partial charge in [0.25, 0.3) is 10.2 Å². The van der Waals surface area contributed by atoms with Gasteiger partial charge in [-0.15, -0.1) is 0 Å². The van der Waals surface area contributed by atoms with Gasteiger partial charge in [0.05, 0.1) is 17.9 Å². The number of carbonyl (C=O) groups is 2. The van der Waals surface area contributed by atoms with Gasteiger partial charge in [-0.3, -0.25) is 9.59 Å². The lowest BCUT2D eigenvalue weighted by molar-refractivity contribution is -0.142. The Hall–Kier alpha value is -2.19. The molecule has 1 aromatic rings. The summed E-state index contributed by atoms with van der Waals surface area (Å²) < 4.78 is 28.5. The number of nitrogens with zero attached hydrogens (tertiary/aromatic N) is 4. The number of nitrogens with one attached hydrogen (secondary N) is 1. The highest BCUT2D eigenvalue weighted by atomic mass is 35.5. The molecule has 184 valence electrons. The van der Waals surface area contributed by atoms with E-state index in [1.54, 1.807) is 11.0 Å². The lowest BCUT2D eigenvalue weighted by atomic mass is 9.97. The number of nitriles is 1. The third kappa shape index (κ3) is 5.08. The van der Waals surface area contributed by atoms with Gasteiger partial charge in [0.1, 0.15) is 6.04 Å². The SMILES string of the molecule is Cc1ccc(Cl)c(CNC(=O)[C@H]2CCCN2C(=O)[C@H]2CCCN(S(=O)(=O)N3CC(C#N)C3)C2)c1. The summed E-state index contributed by atoms with van der Waals surface area (Å²) in [6.07, 6.45) is 2.49. The molecule has 0 aliphatic carbocycles. The van der Waals surface area contributed by atoms with Crippen LogP contribution in [0.3, 0.4) is 0 Å². The highest BCUT2D eigenvalue weighted by molar-refractivity contribution is 7.86. The van der Waals surface area contributed by atoms with Crippen LogP contribution in [0, 0.1) is 30.1 Å². The third-order valence-electron chi connectivity index (χ3n) is 6.91. The average Bonchev–Trinajstić information content (AvgIpc) is 3.28. The monoisotopic (exact) mass is 507 g/mol. The van der Waals surface area contributed by atoms with Gasteiger partial charge >= 0.3 is 0 Å². The van der Waals surface area contributed by atoms with Gasteiger partial charge in [-0.1, -0.05) is 29.3 Å². The number of piperidine rings is 1. The van der Waals surface area contributed by atoms with Gasteiger partial charge in [0, 0.05) is 44.3 Å². The summed E-state index contributed by atoms with van der Waals surface area (Å²) in [4.78, 5) is 27.9. The van der Waals surface area contributed by atoms with Crippen LogP contribution in [0.25, 0.3) is 0 Å². The molecular weight excluding hydrogens is 478 g/mol. The smallest absolute Gasteiger partial charge is 0.282 e. The lowest BCUT2D eigenvalue weighted by Gasteiger charge is -2.41. The van der Waals surface area contributed by atoms with Crippen molar-refractivity contribution in [3.05, 3.63) is 34.3 Å². The normalized spacial score (nSPS) is 24.4. The molecule has 3 fully saturated rings. The van der Waals surface area contributed by atoms with Gasteiger partial charge in [0.2, 0.25) is 11.8 Å². The van der Waals surface area contributed by atoms with E-state index in [0.29, 0.717) is 37.4 Å². The van der Waals surface area contributed by atoms with E-state index in [0.717, 1.165) is 17.5 Å². The first-order valence-corrected chi connectivity index (χ1v) is 13.5. The number of amides is 2. The predicted molar refractivity (Wildman–Crippen MR) is 127 cm³/mol. The number of hydrogen-bond acceptors (Lipinski definition) is 5. The van der Waals surface area contributed by atoms with E-state index in [-0.39, 0.29) is 43.9 Å². The fourth-order valence-corrected chi connectivity index (χ4v) is 6.88. The van der Waals surface area contributed by atoms with Gasteiger partial charge in [-0.25, -0.2) is 0 Å². The molecule has 11 heteroatoms. The molecule has 3 heterocycles. The van der Waals surface area contributed by atoms with Crippen molar-refractivity contribution in [1.82, 2.24) is 18.8 Å². The van der Waals surface area contributed by atoms with Crippen LogP contribution in [0.5, 0.6) is 0 Å². The zero-order valence-electron chi connectivity index (χ0n) is 19.2. The molecule has 1 aromatic carbocycles. The molecule has 2 atom stereocenters. The van der Waals surface area contributed by atoms with Crippen LogP contribution in [-0.4, -0.2) is 72.5 Å². The van der Waals surface area contributed by atoms with Crippen molar-refractivity contribution in [1.29, 1.82) is 5.26 Å². The van der Waals surface area contributed by atoms with Gasteiger partial charge in [-0.2, -0.15) is 22.3 Å². The highest BCUT2D eigenvalue weighted by Gasteiger charge is 2.44. The Balaban J connectivity index is 1.37. The molecule has 0 spiro atoms. The van der Waals surface area contributed by atoms with Crippen molar-refractivity contribution in [3.8, 4) is 6.07 Å². The van der Waals surface area contributed by atoms with Gasteiger partial charge in [0.15, 0.2) is 0 Å². The maximum atomic E-state index is 13.4. The second kappa shape index (κ2) is 10.2. The van der Waals surface area contributed by atoms with Crippen molar-refractivity contribution in [2.45, 2.75) is 45.2 Å². The van der Waals surface area contributed by atoms with Crippen molar-refractivity contribution in [2.24, 2.45) is 11.8 Å². The Morgan fingerprint density at radius 1 is 1.15 bits per heavy atom. The van der Waals surface area contributed by atoms with Crippen molar-refractivity contribution >= 4 is 33.6 Å². The summed E-state index contributed by atoms with van der Waals surface area (Å²) in [7, 11) is -3.68. The zero-order valence-corrected chi connectivity index (χ0v) is 20.8. The van der Waals surface area contributed by atoms with Crippen LogP contribution in [0.1, 0.15) is 36.8 Å². The number of benzene rings is 1. The number of carbonyl (C=O) groups excluding carboxylic acids is 2. The standard InChI is InChI=1S/C23H30ClN5O4S/c1-16-6-7-20(24)19(10-16)12-26-22(30)21-5-3-9-29(21)23(31)18-4-2-8-27(15-18)34(32,33)28-13-17(11-25)14-28/h6-7,10,17-18,21H,2-5,8-9,12-15H2,1H3,(H,26,30)/t18-,21+/m0/s1. The molecule has 4 rings (SSSR count). The van der Waals surface area contributed by atoms with Gasteiger partial charge in [-0.05, 0) is 44.2 Å². The molecule has 3 aliphatic rings. The summed E-state index contributed by atoms with van der Waals surface area (Å²) >= 11 is 6.23. The molecule has 0 saturated carbocycles. The Labute approximate surface area is 205 Å². The number of likely N-dealkylation sites (tertiary alicyclic amines) is 1. The fraction of sp³-hybridized carbons (Fsp3) is 0.609. The molecule has 2 amide bonds. The second-order valence-corrected chi connectivity index (χ2v) is 11.7. The van der Waals surface area contributed by atoms with Crippen LogP contribution in [-0.2, 0) is 26.3 Å². The Kier molecular flexibility index (Phi) is 7.48. The Morgan fingerprint density at radius 2 is 1.88 bits per heavy atom. The molecule has 3 saturated heterocycles. The van der Waals surface area contributed by atoms with E-state index in [2.05, 4.69) is 11.4 Å². The number of halogens is 1. The minimum atomic E-state index is -3.68. The summed E-state index contributed by atoms with van der Waals surface area (Å²) in [6.45, 7) is 3.60. The number of aryl methyl sites for hydroxylation is 1. The molecule has 34 heavy (non-hydrogen) atoms. The van der Waals surface area contributed by atoms with E-state index in [1.807, 2.05) is 19.1 Å². The van der Waals surface area contributed by atoms with E-state index in [1.165, 1.54) is 8.61 Å². The minimum Gasteiger partial charge on any atom is -0.350 e. The zero-order chi connectivity index (χ0) is 24.5. The van der Waals surface area contributed by atoms with Crippen molar-refractivity contribution in [2.75, 3.05) is 32.7 Å². The topological polar surface area (TPSA) is 114 Å². The molecular formula is C23H30ClN5O4S. The quantitative estimate of drug-likeness (QED) is 0.629. The largest absolute Gasteiger partial charge is 0.350 e. The minimum absolute atomic E-state index is 0.110. The van der Waals surface area contributed by atoms with Crippen LogP contribution >= 0.6 is 11.6 Å². The summed E-state index contributed by atoms with van der Waals surface area (Å²) in [5, 5.41) is 12.4. The molecule has 9 nitrogen and oxygen atoms in total. The first-order valence-electron chi connectivity index (χ1n) is 11.7. The average molecular weight is 508 g/mol. The first kappa shape index (κ1) is 24.9. The lowest BCUT2D eigenvalue weighted by Crippen LogP contribution is -2.57. The van der Waals surface area contributed by atoms with Crippen LogP contribution in [0.2, 0.25) is 5.02 Å². The van der Waals surface area contributed by atoms with E-state index < -0.39 is 22.2 Å². The van der Waals surface area contributed by atoms with E-state index in [4.69, 9.17) is 16.9 Å². The number of rotatable bonds is 6. The van der Waals surface area contributed by atoms with Crippen molar-refractivity contribution < 1.29 is 18.0 Å². The van der Waals surface area contributed by atoms with Crippen LogP contribution < -0.4 is 5.32 Å². The summed E-state index contributed by atoms with van der Waals surface area (Å²) in [6, 6.07) is 7.15. The van der Waals surface area contributed by atoms with Crippen LogP contribution in [0.4, 0.5) is 0 Å². The summed E-state index contributed by atoms with van der Waals surface area (Å²) in [5.74, 6) is -1.12. The maximum Gasteiger partial charge on any atom is 0.282 e. The summed E-state index contributed by atoms with van der Waals surface area (Å²) in [5.41, 5.74) is 1.87. The fourth-order valence-electron chi connectivity index (χ4n) is 4.90. The number of hydrogen-bond donors (Lipinski definition) is 1. The Morgan fingerprint density at radius 3 is 2.62 bits per heavy atom. The van der Waals surface area contributed by atoms with Gasteiger partial charge < -0.3 is 10.2 Å². The molecule has 0 radical (unpaired) electrons. The molecule has 1 N–H and O–H groups in total. The second-order valence-electron chi connectivity index (χ2n) is 9.35. The highest BCUT2D eigenvalue weighted by Crippen LogP contribution is 2.29. The Bertz CT molecular complexity index is 1100. The molecule has 0 aromatic heterocycles.